The zero-order valence-electron chi connectivity index (χ0n) is 14.8. The summed E-state index contributed by atoms with van der Waals surface area (Å²) in [5.41, 5.74) is 4.28. The Morgan fingerprint density at radius 1 is 1.12 bits per heavy atom. The predicted molar refractivity (Wildman–Crippen MR) is 107 cm³/mol. The van der Waals surface area contributed by atoms with Crippen LogP contribution in [0.3, 0.4) is 0 Å². The number of nitrogens with zero attached hydrogens (tertiary/aromatic N) is 1. The molecule has 0 aliphatic heterocycles. The van der Waals surface area contributed by atoms with Crippen molar-refractivity contribution in [2.24, 2.45) is 0 Å². The SMILES string of the molecule is Cc1c(C(=O)O)nc2ccc(Cl)c(Cc3ccccc3Cl)c2c1C(C)C. The van der Waals surface area contributed by atoms with Crippen LogP contribution in [0.2, 0.25) is 10.0 Å². The molecule has 0 spiro atoms. The fourth-order valence-electron chi connectivity index (χ4n) is 3.46. The molecule has 3 rings (SSSR count). The molecular formula is C21H19Cl2NO2. The van der Waals surface area contributed by atoms with Gasteiger partial charge in [0.15, 0.2) is 5.69 Å². The summed E-state index contributed by atoms with van der Waals surface area (Å²) < 4.78 is 0. The van der Waals surface area contributed by atoms with Gasteiger partial charge in [0.1, 0.15) is 0 Å². The van der Waals surface area contributed by atoms with Crippen LogP contribution in [-0.2, 0) is 6.42 Å². The number of benzene rings is 2. The standard InChI is InChI=1S/C21H19Cl2NO2/c1-11(2)18-12(3)20(21(25)26)24-17-9-8-16(23)14(19(17)18)10-13-6-4-5-7-15(13)22/h4-9,11H,10H2,1-3H3,(H,25,26). The Hall–Kier alpha value is -2.10. The number of hydrogen-bond acceptors (Lipinski definition) is 2. The number of carboxylic acids is 1. The molecule has 0 unspecified atom stereocenters. The number of fused-ring (bicyclic) bond motifs is 1. The zero-order valence-corrected chi connectivity index (χ0v) is 16.3. The number of carbonyl (C=O) groups is 1. The molecule has 2 aromatic carbocycles. The Balaban J connectivity index is 2.36. The topological polar surface area (TPSA) is 50.2 Å². The predicted octanol–water partition coefficient (Wildman–Crippen LogP) is 6.26. The Morgan fingerprint density at radius 3 is 2.42 bits per heavy atom. The molecule has 1 heterocycles. The molecule has 26 heavy (non-hydrogen) atoms. The van der Waals surface area contributed by atoms with Gasteiger partial charge in [-0.15, -0.1) is 0 Å². The number of halogens is 2. The van der Waals surface area contributed by atoms with Crippen molar-refractivity contribution in [1.29, 1.82) is 0 Å². The Labute approximate surface area is 162 Å². The number of rotatable bonds is 4. The highest BCUT2D eigenvalue weighted by Crippen LogP contribution is 2.36. The van der Waals surface area contributed by atoms with Crippen molar-refractivity contribution in [3.63, 3.8) is 0 Å². The summed E-state index contributed by atoms with van der Waals surface area (Å²) in [5, 5.41) is 11.8. The lowest BCUT2D eigenvalue weighted by Crippen LogP contribution is -2.10. The van der Waals surface area contributed by atoms with Gasteiger partial charge in [-0.25, -0.2) is 9.78 Å². The molecule has 1 aromatic heterocycles. The van der Waals surface area contributed by atoms with E-state index in [9.17, 15) is 9.90 Å². The minimum absolute atomic E-state index is 0.0900. The third-order valence-electron chi connectivity index (χ3n) is 4.60. The van der Waals surface area contributed by atoms with Crippen LogP contribution in [-0.4, -0.2) is 16.1 Å². The molecule has 3 nitrogen and oxygen atoms in total. The fraction of sp³-hybridized carbons (Fsp3) is 0.238. The quantitative estimate of drug-likeness (QED) is 0.574. The van der Waals surface area contributed by atoms with E-state index in [1.807, 2.05) is 45.0 Å². The van der Waals surface area contributed by atoms with Crippen LogP contribution in [0, 0.1) is 6.92 Å². The maximum atomic E-state index is 11.6. The van der Waals surface area contributed by atoms with Gasteiger partial charge >= 0.3 is 5.97 Å². The lowest BCUT2D eigenvalue weighted by Gasteiger charge is -2.19. The van der Waals surface area contributed by atoms with Crippen molar-refractivity contribution in [3.8, 4) is 0 Å². The number of aromatic carboxylic acids is 1. The number of hydrogen-bond donors (Lipinski definition) is 1. The highest BCUT2D eigenvalue weighted by molar-refractivity contribution is 6.33. The van der Waals surface area contributed by atoms with E-state index < -0.39 is 5.97 Å². The Morgan fingerprint density at radius 2 is 1.81 bits per heavy atom. The molecular weight excluding hydrogens is 369 g/mol. The molecule has 3 aromatic rings. The molecule has 0 amide bonds. The Kier molecular flexibility index (Phi) is 5.22. The molecule has 0 radical (unpaired) electrons. The Bertz CT molecular complexity index is 1010. The van der Waals surface area contributed by atoms with Crippen LogP contribution in [0.25, 0.3) is 10.9 Å². The van der Waals surface area contributed by atoms with E-state index in [0.717, 1.165) is 22.1 Å². The van der Waals surface area contributed by atoms with Crippen molar-refractivity contribution in [3.05, 3.63) is 74.4 Å². The van der Waals surface area contributed by atoms with E-state index in [0.29, 0.717) is 27.5 Å². The molecule has 0 saturated carbocycles. The minimum Gasteiger partial charge on any atom is -0.477 e. The van der Waals surface area contributed by atoms with Crippen LogP contribution >= 0.6 is 23.2 Å². The smallest absolute Gasteiger partial charge is 0.354 e. The van der Waals surface area contributed by atoms with Gasteiger partial charge in [0.05, 0.1) is 5.52 Å². The van der Waals surface area contributed by atoms with Crippen molar-refractivity contribution in [2.45, 2.75) is 33.1 Å². The normalized spacial score (nSPS) is 11.3. The van der Waals surface area contributed by atoms with Crippen LogP contribution in [0.1, 0.15) is 52.5 Å². The first-order valence-electron chi connectivity index (χ1n) is 8.39. The lowest BCUT2D eigenvalue weighted by atomic mass is 9.88. The molecule has 0 aliphatic rings. The molecule has 0 atom stereocenters. The highest BCUT2D eigenvalue weighted by atomic mass is 35.5. The van der Waals surface area contributed by atoms with Gasteiger partial charge in [-0.2, -0.15) is 0 Å². The summed E-state index contributed by atoms with van der Waals surface area (Å²) in [5.74, 6) is -0.893. The van der Waals surface area contributed by atoms with E-state index in [-0.39, 0.29) is 11.6 Å². The molecule has 0 aliphatic carbocycles. The van der Waals surface area contributed by atoms with Crippen LogP contribution < -0.4 is 0 Å². The zero-order chi connectivity index (χ0) is 19.0. The van der Waals surface area contributed by atoms with Gasteiger partial charge in [-0.3, -0.25) is 0 Å². The van der Waals surface area contributed by atoms with Crippen molar-refractivity contribution < 1.29 is 9.90 Å². The third kappa shape index (κ3) is 3.29. The van der Waals surface area contributed by atoms with E-state index in [1.165, 1.54) is 0 Å². The van der Waals surface area contributed by atoms with Gasteiger partial charge in [0, 0.05) is 21.9 Å². The molecule has 5 heteroatoms. The third-order valence-corrected chi connectivity index (χ3v) is 5.32. The summed E-state index contributed by atoms with van der Waals surface area (Å²) in [4.78, 5) is 16.0. The summed E-state index contributed by atoms with van der Waals surface area (Å²) in [6, 6.07) is 11.2. The second kappa shape index (κ2) is 7.26. The number of aromatic nitrogens is 1. The van der Waals surface area contributed by atoms with Gasteiger partial charge < -0.3 is 5.11 Å². The minimum atomic E-state index is -1.02. The summed E-state index contributed by atoms with van der Waals surface area (Å²) in [7, 11) is 0. The number of carboxylic acid groups (broad SMARTS) is 1. The second-order valence-electron chi connectivity index (χ2n) is 6.65. The maximum Gasteiger partial charge on any atom is 0.354 e. The molecule has 1 N–H and O–H groups in total. The average Bonchev–Trinajstić information content (AvgIpc) is 2.58. The van der Waals surface area contributed by atoms with E-state index in [4.69, 9.17) is 23.2 Å². The van der Waals surface area contributed by atoms with Crippen molar-refractivity contribution >= 4 is 40.1 Å². The van der Waals surface area contributed by atoms with Crippen LogP contribution in [0.15, 0.2) is 36.4 Å². The average molecular weight is 388 g/mol. The van der Waals surface area contributed by atoms with E-state index in [2.05, 4.69) is 4.98 Å². The first-order chi connectivity index (χ1) is 12.3. The van der Waals surface area contributed by atoms with Crippen molar-refractivity contribution in [1.82, 2.24) is 4.98 Å². The van der Waals surface area contributed by atoms with E-state index in [1.54, 1.807) is 12.1 Å². The van der Waals surface area contributed by atoms with Gasteiger partial charge in [0.2, 0.25) is 0 Å². The summed E-state index contributed by atoms with van der Waals surface area (Å²) in [6.45, 7) is 5.91. The van der Waals surface area contributed by atoms with Crippen LogP contribution in [0.4, 0.5) is 0 Å². The second-order valence-corrected chi connectivity index (χ2v) is 7.46. The molecule has 134 valence electrons. The summed E-state index contributed by atoms with van der Waals surface area (Å²) >= 11 is 12.9. The highest BCUT2D eigenvalue weighted by Gasteiger charge is 2.22. The van der Waals surface area contributed by atoms with Crippen LogP contribution in [0.5, 0.6) is 0 Å². The van der Waals surface area contributed by atoms with E-state index >= 15 is 0 Å². The lowest BCUT2D eigenvalue weighted by molar-refractivity contribution is 0.0690. The van der Waals surface area contributed by atoms with Gasteiger partial charge in [0.25, 0.3) is 0 Å². The van der Waals surface area contributed by atoms with Crippen molar-refractivity contribution in [2.75, 3.05) is 0 Å². The van der Waals surface area contributed by atoms with Gasteiger partial charge in [-0.1, -0.05) is 55.2 Å². The first kappa shape index (κ1) is 18.7. The maximum absolute atomic E-state index is 11.6. The monoisotopic (exact) mass is 387 g/mol. The first-order valence-corrected chi connectivity index (χ1v) is 9.15. The largest absolute Gasteiger partial charge is 0.477 e. The number of pyridine rings is 1. The molecule has 0 saturated heterocycles. The fourth-order valence-corrected chi connectivity index (χ4v) is 3.88. The molecule has 0 bridgehead atoms. The summed E-state index contributed by atoms with van der Waals surface area (Å²) in [6.07, 6.45) is 0.559. The van der Waals surface area contributed by atoms with Gasteiger partial charge in [-0.05, 0) is 53.3 Å². The molecule has 0 fully saturated rings.